The predicted molar refractivity (Wildman–Crippen MR) is 84.6 cm³/mol. The Bertz CT molecular complexity index is 580. The fraction of sp³-hybridized carbons (Fsp3) is 0.375. The summed E-state index contributed by atoms with van der Waals surface area (Å²) >= 11 is 0. The highest BCUT2D eigenvalue weighted by molar-refractivity contribution is 6.01. The normalized spacial score (nSPS) is 11.1. The zero-order chi connectivity index (χ0) is 16.7. The number of amides is 2. The number of rotatable bonds is 6. The lowest BCUT2D eigenvalue weighted by molar-refractivity contribution is -0.122. The maximum absolute atomic E-state index is 12.1. The minimum absolute atomic E-state index is 0.0324. The van der Waals surface area contributed by atoms with Crippen LogP contribution in [0.15, 0.2) is 23.9 Å². The lowest BCUT2D eigenvalue weighted by Gasteiger charge is -2.13. The first-order valence-corrected chi connectivity index (χ1v) is 6.89. The van der Waals surface area contributed by atoms with E-state index in [1.807, 2.05) is 13.8 Å². The average molecular weight is 306 g/mol. The Morgan fingerprint density at radius 3 is 2.27 bits per heavy atom. The molecule has 0 bridgehead atoms. The standard InChI is InChI=1S/C16H22N2O4/c1-10(2)17-16(20)13(18-11(3)19)8-12-6-7-14(21-4)15(9-12)22-5/h6-10H,1-5H3,(H,17,20)(H,18,19). The summed E-state index contributed by atoms with van der Waals surface area (Å²) in [6, 6.07) is 5.20. The van der Waals surface area contributed by atoms with Crippen LogP contribution in [0.2, 0.25) is 0 Å². The first-order chi connectivity index (χ1) is 10.4. The van der Waals surface area contributed by atoms with Crippen molar-refractivity contribution >= 4 is 17.9 Å². The Morgan fingerprint density at radius 1 is 1.14 bits per heavy atom. The van der Waals surface area contributed by atoms with Crippen LogP contribution in [0.5, 0.6) is 11.5 Å². The first-order valence-electron chi connectivity index (χ1n) is 6.89. The molecule has 0 aliphatic heterocycles. The number of carbonyl (C=O) groups excluding carboxylic acids is 2. The highest BCUT2D eigenvalue weighted by Crippen LogP contribution is 2.28. The third-order valence-corrected chi connectivity index (χ3v) is 2.69. The molecule has 0 aliphatic carbocycles. The summed E-state index contributed by atoms with van der Waals surface area (Å²) in [7, 11) is 3.08. The van der Waals surface area contributed by atoms with Crippen molar-refractivity contribution < 1.29 is 19.1 Å². The minimum atomic E-state index is -0.347. The lowest BCUT2D eigenvalue weighted by atomic mass is 10.1. The summed E-state index contributed by atoms with van der Waals surface area (Å²) in [4.78, 5) is 23.4. The van der Waals surface area contributed by atoms with Crippen LogP contribution in [0.4, 0.5) is 0 Å². The molecule has 6 heteroatoms. The summed E-state index contributed by atoms with van der Waals surface area (Å²) in [5.74, 6) is 0.473. The molecular formula is C16H22N2O4. The summed E-state index contributed by atoms with van der Waals surface area (Å²) < 4.78 is 10.4. The Balaban J connectivity index is 3.15. The molecule has 2 amide bonds. The molecule has 0 atom stereocenters. The van der Waals surface area contributed by atoms with E-state index in [4.69, 9.17) is 9.47 Å². The maximum atomic E-state index is 12.1. The molecule has 0 saturated heterocycles. The van der Waals surface area contributed by atoms with Gasteiger partial charge in [0.25, 0.3) is 5.91 Å². The molecule has 120 valence electrons. The molecule has 22 heavy (non-hydrogen) atoms. The van der Waals surface area contributed by atoms with Crippen LogP contribution < -0.4 is 20.1 Å². The largest absolute Gasteiger partial charge is 0.493 e. The third kappa shape index (κ3) is 5.12. The van der Waals surface area contributed by atoms with E-state index in [9.17, 15) is 9.59 Å². The van der Waals surface area contributed by atoms with Gasteiger partial charge in [-0.3, -0.25) is 9.59 Å². The van der Waals surface area contributed by atoms with E-state index in [0.29, 0.717) is 17.1 Å². The van der Waals surface area contributed by atoms with Gasteiger partial charge in [-0.2, -0.15) is 0 Å². The van der Waals surface area contributed by atoms with Gasteiger partial charge in [-0.05, 0) is 37.6 Å². The first kappa shape index (κ1) is 17.6. The van der Waals surface area contributed by atoms with Gasteiger partial charge in [0.2, 0.25) is 5.91 Å². The van der Waals surface area contributed by atoms with Crippen LogP contribution in [-0.2, 0) is 9.59 Å². The van der Waals surface area contributed by atoms with Gasteiger partial charge in [-0.1, -0.05) is 6.07 Å². The SMILES string of the molecule is COc1ccc(C=C(NC(C)=O)C(=O)NC(C)C)cc1OC. The molecule has 1 rings (SSSR count). The van der Waals surface area contributed by atoms with Gasteiger partial charge in [0.05, 0.1) is 14.2 Å². The topological polar surface area (TPSA) is 76.7 Å². The summed E-state index contributed by atoms with van der Waals surface area (Å²) in [6.07, 6.45) is 1.58. The molecular weight excluding hydrogens is 284 g/mol. The van der Waals surface area contributed by atoms with Crippen LogP contribution in [-0.4, -0.2) is 32.1 Å². The molecule has 1 aromatic carbocycles. The van der Waals surface area contributed by atoms with Gasteiger partial charge < -0.3 is 20.1 Å². The van der Waals surface area contributed by atoms with Gasteiger partial charge in [-0.15, -0.1) is 0 Å². The molecule has 1 aromatic rings. The highest BCUT2D eigenvalue weighted by Gasteiger charge is 2.13. The highest BCUT2D eigenvalue weighted by atomic mass is 16.5. The van der Waals surface area contributed by atoms with Crippen LogP contribution in [0.3, 0.4) is 0 Å². The number of hydrogen-bond donors (Lipinski definition) is 2. The van der Waals surface area contributed by atoms with Crippen molar-refractivity contribution in [3.05, 3.63) is 29.5 Å². The second-order valence-corrected chi connectivity index (χ2v) is 4.98. The molecule has 0 fully saturated rings. The second kappa shape index (κ2) is 8.07. The molecule has 0 aromatic heterocycles. The van der Waals surface area contributed by atoms with E-state index in [2.05, 4.69) is 10.6 Å². The number of nitrogens with one attached hydrogen (secondary N) is 2. The summed E-state index contributed by atoms with van der Waals surface area (Å²) in [5, 5.41) is 5.28. The second-order valence-electron chi connectivity index (χ2n) is 4.98. The zero-order valence-corrected chi connectivity index (χ0v) is 13.5. The van der Waals surface area contributed by atoms with E-state index >= 15 is 0 Å². The average Bonchev–Trinajstić information content (AvgIpc) is 2.45. The smallest absolute Gasteiger partial charge is 0.268 e. The quantitative estimate of drug-likeness (QED) is 0.784. The molecule has 0 saturated carbocycles. The molecule has 6 nitrogen and oxygen atoms in total. The summed E-state index contributed by atoms with van der Waals surface area (Å²) in [6.45, 7) is 5.05. The minimum Gasteiger partial charge on any atom is -0.493 e. The molecule has 0 heterocycles. The molecule has 0 aliphatic rings. The van der Waals surface area contributed by atoms with Crippen molar-refractivity contribution in [2.24, 2.45) is 0 Å². The van der Waals surface area contributed by atoms with Gasteiger partial charge in [-0.25, -0.2) is 0 Å². The number of carbonyl (C=O) groups is 2. The van der Waals surface area contributed by atoms with E-state index in [0.717, 1.165) is 0 Å². The van der Waals surface area contributed by atoms with Gasteiger partial charge in [0.15, 0.2) is 11.5 Å². The third-order valence-electron chi connectivity index (χ3n) is 2.69. The maximum Gasteiger partial charge on any atom is 0.268 e. The summed E-state index contributed by atoms with van der Waals surface area (Å²) in [5.41, 5.74) is 0.883. The molecule has 2 N–H and O–H groups in total. The number of methoxy groups -OCH3 is 2. The number of ether oxygens (including phenoxy) is 2. The van der Waals surface area contributed by atoms with Gasteiger partial charge in [0.1, 0.15) is 5.70 Å². The van der Waals surface area contributed by atoms with Crippen molar-refractivity contribution in [2.45, 2.75) is 26.8 Å². The van der Waals surface area contributed by atoms with Crippen LogP contribution in [0.1, 0.15) is 26.3 Å². The van der Waals surface area contributed by atoms with Gasteiger partial charge >= 0.3 is 0 Å². The Morgan fingerprint density at radius 2 is 1.77 bits per heavy atom. The molecule has 0 radical (unpaired) electrons. The Hall–Kier alpha value is -2.50. The Kier molecular flexibility index (Phi) is 6.44. The number of hydrogen-bond acceptors (Lipinski definition) is 4. The van der Waals surface area contributed by atoms with Crippen molar-refractivity contribution in [1.82, 2.24) is 10.6 Å². The van der Waals surface area contributed by atoms with Crippen molar-refractivity contribution in [3.63, 3.8) is 0 Å². The van der Waals surface area contributed by atoms with Crippen LogP contribution in [0, 0.1) is 0 Å². The molecule has 0 spiro atoms. The van der Waals surface area contributed by atoms with Crippen molar-refractivity contribution in [2.75, 3.05) is 14.2 Å². The van der Waals surface area contributed by atoms with E-state index in [-0.39, 0.29) is 23.6 Å². The van der Waals surface area contributed by atoms with Crippen molar-refractivity contribution in [1.29, 1.82) is 0 Å². The fourth-order valence-corrected chi connectivity index (χ4v) is 1.80. The monoisotopic (exact) mass is 306 g/mol. The zero-order valence-electron chi connectivity index (χ0n) is 13.5. The fourth-order valence-electron chi connectivity index (χ4n) is 1.80. The van der Waals surface area contributed by atoms with Crippen molar-refractivity contribution in [3.8, 4) is 11.5 Å². The van der Waals surface area contributed by atoms with Crippen LogP contribution >= 0.6 is 0 Å². The Labute approximate surface area is 130 Å². The van der Waals surface area contributed by atoms with E-state index in [1.54, 1.807) is 31.4 Å². The number of benzene rings is 1. The lowest BCUT2D eigenvalue weighted by Crippen LogP contribution is -2.37. The van der Waals surface area contributed by atoms with Gasteiger partial charge in [0, 0.05) is 13.0 Å². The van der Waals surface area contributed by atoms with Crippen LogP contribution in [0.25, 0.3) is 6.08 Å². The predicted octanol–water partition coefficient (Wildman–Crippen LogP) is 1.71. The molecule has 0 unspecified atom stereocenters. The van der Waals surface area contributed by atoms with E-state index in [1.165, 1.54) is 14.0 Å². The van der Waals surface area contributed by atoms with E-state index < -0.39 is 0 Å².